The minimum Gasteiger partial charge on any atom is -0.491 e. The van der Waals surface area contributed by atoms with E-state index in [2.05, 4.69) is 20.6 Å². The zero-order valence-electron chi connectivity index (χ0n) is 20.1. The second-order valence-corrected chi connectivity index (χ2v) is 8.56. The number of nitrogens with one attached hydrogen (secondary N) is 2. The first-order valence-corrected chi connectivity index (χ1v) is 11.6. The summed E-state index contributed by atoms with van der Waals surface area (Å²) in [6, 6.07) is 9.29. The van der Waals surface area contributed by atoms with Crippen LogP contribution >= 0.6 is 0 Å². The highest BCUT2D eigenvalue weighted by Crippen LogP contribution is 2.30. The minimum absolute atomic E-state index is 0.181. The molecule has 2 heterocycles. The summed E-state index contributed by atoms with van der Waals surface area (Å²) >= 11 is 0. The monoisotopic (exact) mass is 517 g/mol. The predicted octanol–water partition coefficient (Wildman–Crippen LogP) is 4.12. The number of amides is 2. The van der Waals surface area contributed by atoms with Crippen LogP contribution in [0.5, 0.6) is 5.75 Å². The Morgan fingerprint density at radius 1 is 1.11 bits per heavy atom. The number of rotatable bonds is 9. The van der Waals surface area contributed by atoms with Crippen molar-refractivity contribution in [2.75, 3.05) is 44.0 Å². The van der Waals surface area contributed by atoms with Crippen LogP contribution < -0.4 is 15.4 Å². The Balaban J connectivity index is 1.38. The Morgan fingerprint density at radius 3 is 2.59 bits per heavy atom. The van der Waals surface area contributed by atoms with Gasteiger partial charge in [0.2, 0.25) is 11.8 Å². The Labute approximate surface area is 211 Å². The summed E-state index contributed by atoms with van der Waals surface area (Å²) in [4.78, 5) is 33.8. The minimum atomic E-state index is -2.93. The van der Waals surface area contributed by atoms with Gasteiger partial charge in [-0.3, -0.25) is 9.59 Å². The smallest absolute Gasteiger partial charge is 0.265 e. The number of halogens is 3. The highest BCUT2D eigenvalue weighted by molar-refractivity contribution is 6.03. The number of likely N-dealkylation sites (tertiary alicyclic amines) is 1. The molecule has 0 atom stereocenters. The summed E-state index contributed by atoms with van der Waals surface area (Å²) in [6.45, 7) is 0.172. The van der Waals surface area contributed by atoms with Crippen LogP contribution in [0.15, 0.2) is 42.7 Å². The van der Waals surface area contributed by atoms with Gasteiger partial charge in [-0.2, -0.15) is 0 Å². The van der Waals surface area contributed by atoms with Gasteiger partial charge in [0.25, 0.3) is 5.92 Å². The number of carbonyl (C=O) groups is 2. The van der Waals surface area contributed by atoms with Crippen molar-refractivity contribution in [1.29, 1.82) is 0 Å². The van der Waals surface area contributed by atoms with E-state index in [1.807, 2.05) is 0 Å². The van der Waals surface area contributed by atoms with Gasteiger partial charge in [-0.05, 0) is 30.7 Å². The summed E-state index contributed by atoms with van der Waals surface area (Å²) in [7, 11) is 1.54. The molecule has 37 heavy (non-hydrogen) atoms. The summed E-state index contributed by atoms with van der Waals surface area (Å²) < 4.78 is 52.3. The molecule has 12 heteroatoms. The molecule has 2 N–H and O–H groups in total. The number of nitrogens with zero attached hydrogens (tertiary/aromatic N) is 3. The van der Waals surface area contributed by atoms with Crippen molar-refractivity contribution in [2.45, 2.75) is 25.2 Å². The number of piperidine rings is 1. The lowest BCUT2D eigenvalue weighted by Crippen LogP contribution is -2.46. The molecule has 1 aliphatic heterocycles. The second-order valence-electron chi connectivity index (χ2n) is 8.56. The van der Waals surface area contributed by atoms with Gasteiger partial charge in [-0.15, -0.1) is 0 Å². The van der Waals surface area contributed by atoms with Crippen molar-refractivity contribution in [3.05, 3.63) is 48.5 Å². The standard InChI is InChI=1S/C25H26F3N5O4/c1-36-9-10-37-18-11-19(26)23-20(12-18)29-15-30-24(23)32-17-5-3-16(4-6-17)31-21(34)13-22(35)33-8-2-7-25(27,28)14-33/h3-6,11-12,15H,2,7-10,13-14H2,1H3,(H,31,34)(H,29,30,32). The first-order valence-electron chi connectivity index (χ1n) is 11.6. The van der Waals surface area contributed by atoms with Crippen LogP contribution in [0, 0.1) is 5.82 Å². The Kier molecular flexibility index (Phi) is 8.07. The molecular weight excluding hydrogens is 491 g/mol. The van der Waals surface area contributed by atoms with Crippen LogP contribution in [-0.4, -0.2) is 66.0 Å². The van der Waals surface area contributed by atoms with Crippen molar-refractivity contribution in [1.82, 2.24) is 14.9 Å². The third kappa shape index (κ3) is 6.85. The van der Waals surface area contributed by atoms with E-state index in [1.54, 1.807) is 37.4 Å². The van der Waals surface area contributed by atoms with E-state index in [0.717, 1.165) is 4.90 Å². The number of hydrogen-bond donors (Lipinski definition) is 2. The maximum Gasteiger partial charge on any atom is 0.265 e. The Hall–Kier alpha value is -3.93. The maximum absolute atomic E-state index is 14.9. The fourth-order valence-corrected chi connectivity index (χ4v) is 3.95. The number of aromatic nitrogens is 2. The SMILES string of the molecule is COCCOc1cc(F)c2c(Nc3ccc(NC(=O)CC(=O)N4CCCC(F)(F)C4)cc3)ncnc2c1. The van der Waals surface area contributed by atoms with E-state index in [4.69, 9.17) is 9.47 Å². The van der Waals surface area contributed by atoms with Crippen LogP contribution in [0.4, 0.5) is 30.4 Å². The average molecular weight is 518 g/mol. The molecule has 2 amide bonds. The van der Waals surface area contributed by atoms with E-state index in [-0.39, 0.29) is 37.2 Å². The Bertz CT molecular complexity index is 1270. The maximum atomic E-state index is 14.9. The molecule has 0 spiro atoms. The van der Waals surface area contributed by atoms with Gasteiger partial charge in [-0.25, -0.2) is 23.1 Å². The molecule has 4 rings (SSSR count). The number of carbonyl (C=O) groups excluding carboxylic acids is 2. The zero-order chi connectivity index (χ0) is 26.4. The topological polar surface area (TPSA) is 106 Å². The van der Waals surface area contributed by atoms with Crippen LogP contribution in [0.3, 0.4) is 0 Å². The summed E-state index contributed by atoms with van der Waals surface area (Å²) in [6.07, 6.45) is 0.709. The van der Waals surface area contributed by atoms with Crippen LogP contribution in [0.1, 0.15) is 19.3 Å². The fraction of sp³-hybridized carbons (Fsp3) is 0.360. The number of benzene rings is 2. The number of methoxy groups -OCH3 is 1. The number of fused-ring (bicyclic) bond motifs is 1. The molecule has 1 aromatic heterocycles. The zero-order valence-corrected chi connectivity index (χ0v) is 20.1. The predicted molar refractivity (Wildman–Crippen MR) is 131 cm³/mol. The Morgan fingerprint density at radius 2 is 1.86 bits per heavy atom. The highest BCUT2D eigenvalue weighted by atomic mass is 19.3. The van der Waals surface area contributed by atoms with Gasteiger partial charge in [0.05, 0.1) is 24.1 Å². The van der Waals surface area contributed by atoms with Crippen molar-refractivity contribution in [3.63, 3.8) is 0 Å². The van der Waals surface area contributed by atoms with Crippen molar-refractivity contribution < 1.29 is 32.2 Å². The number of alkyl halides is 2. The molecular formula is C25H26F3N5O4. The van der Waals surface area contributed by atoms with Crippen LogP contribution in [0.2, 0.25) is 0 Å². The molecule has 0 bridgehead atoms. The third-order valence-corrected chi connectivity index (χ3v) is 5.71. The van der Waals surface area contributed by atoms with E-state index < -0.39 is 36.5 Å². The summed E-state index contributed by atoms with van der Waals surface area (Å²) in [5.74, 6) is -4.17. The van der Waals surface area contributed by atoms with Gasteiger partial charge in [-0.1, -0.05) is 0 Å². The molecule has 0 saturated carbocycles. The molecule has 0 aliphatic carbocycles. The van der Waals surface area contributed by atoms with Gasteiger partial charge < -0.3 is 25.0 Å². The van der Waals surface area contributed by atoms with Gasteiger partial charge in [0, 0.05) is 43.6 Å². The van der Waals surface area contributed by atoms with Crippen molar-refractivity contribution in [3.8, 4) is 5.75 Å². The van der Waals surface area contributed by atoms with Crippen molar-refractivity contribution >= 4 is 39.9 Å². The van der Waals surface area contributed by atoms with Gasteiger partial charge in [0.15, 0.2) is 0 Å². The van der Waals surface area contributed by atoms with E-state index >= 15 is 0 Å². The normalized spacial score (nSPS) is 14.9. The van der Waals surface area contributed by atoms with Gasteiger partial charge >= 0.3 is 0 Å². The van der Waals surface area contributed by atoms with E-state index in [9.17, 15) is 22.8 Å². The molecule has 0 unspecified atom stereocenters. The third-order valence-electron chi connectivity index (χ3n) is 5.71. The second kappa shape index (κ2) is 11.4. The summed E-state index contributed by atoms with van der Waals surface area (Å²) in [5, 5.41) is 5.79. The molecule has 1 aliphatic rings. The van der Waals surface area contributed by atoms with E-state index in [1.165, 1.54) is 12.4 Å². The van der Waals surface area contributed by atoms with Crippen LogP contribution in [0.25, 0.3) is 10.9 Å². The summed E-state index contributed by atoms with van der Waals surface area (Å²) in [5.41, 5.74) is 1.32. The lowest BCUT2D eigenvalue weighted by atomic mass is 10.1. The lowest BCUT2D eigenvalue weighted by Gasteiger charge is -2.32. The first kappa shape index (κ1) is 26.1. The van der Waals surface area contributed by atoms with Crippen molar-refractivity contribution in [2.24, 2.45) is 0 Å². The highest BCUT2D eigenvalue weighted by Gasteiger charge is 2.37. The molecule has 0 radical (unpaired) electrons. The van der Waals surface area contributed by atoms with Gasteiger partial charge in [0.1, 0.15) is 36.7 Å². The van der Waals surface area contributed by atoms with E-state index in [0.29, 0.717) is 29.2 Å². The number of ether oxygens (including phenoxy) is 2. The molecule has 2 aromatic carbocycles. The molecule has 9 nitrogen and oxygen atoms in total. The fourth-order valence-electron chi connectivity index (χ4n) is 3.95. The lowest BCUT2D eigenvalue weighted by molar-refractivity contribution is -0.143. The number of hydrogen-bond acceptors (Lipinski definition) is 7. The largest absolute Gasteiger partial charge is 0.491 e. The molecule has 1 fully saturated rings. The average Bonchev–Trinajstić information content (AvgIpc) is 2.84. The molecule has 196 valence electrons. The first-order chi connectivity index (χ1) is 17.7. The molecule has 3 aromatic rings. The van der Waals surface area contributed by atoms with Crippen LogP contribution in [-0.2, 0) is 14.3 Å². The molecule has 1 saturated heterocycles. The number of anilines is 3. The quantitative estimate of drug-likeness (QED) is 0.325.